The summed E-state index contributed by atoms with van der Waals surface area (Å²) in [6, 6.07) is 15.9. The fourth-order valence-corrected chi connectivity index (χ4v) is 3.16. The van der Waals surface area contributed by atoms with Crippen molar-refractivity contribution < 1.29 is 9.21 Å². The van der Waals surface area contributed by atoms with Gasteiger partial charge in [0.05, 0.1) is 5.75 Å². The number of aryl methyl sites for hydroxylation is 2. The number of fused-ring (bicyclic) bond motifs is 1. The normalized spacial score (nSPS) is 11.0. The van der Waals surface area contributed by atoms with Gasteiger partial charge in [0.1, 0.15) is 5.58 Å². The van der Waals surface area contributed by atoms with E-state index in [1.165, 1.54) is 5.56 Å². The third-order valence-corrected chi connectivity index (χ3v) is 4.37. The zero-order valence-corrected chi connectivity index (χ0v) is 12.9. The van der Waals surface area contributed by atoms with E-state index < -0.39 is 0 Å². The number of rotatable bonds is 4. The number of thioether (sulfide) groups is 1. The third-order valence-electron chi connectivity index (χ3n) is 3.38. The van der Waals surface area contributed by atoms with Crippen molar-refractivity contribution in [3.63, 3.8) is 0 Å². The molecule has 0 unspecified atom stereocenters. The van der Waals surface area contributed by atoms with Gasteiger partial charge in [-0.25, -0.2) is 0 Å². The first-order valence-corrected chi connectivity index (χ1v) is 7.84. The standard InChI is InChI=1S/C18H16O2S/c1-12-5-3-8-15(9-12)21-11-16(19)17-10-14-7-4-6-13(2)18(14)20-17/h3-10H,11H2,1-2H3. The van der Waals surface area contributed by atoms with Gasteiger partial charge in [-0.3, -0.25) is 4.79 Å². The highest BCUT2D eigenvalue weighted by Crippen LogP contribution is 2.25. The van der Waals surface area contributed by atoms with Gasteiger partial charge in [-0.1, -0.05) is 35.9 Å². The lowest BCUT2D eigenvalue weighted by Gasteiger charge is -2.00. The summed E-state index contributed by atoms with van der Waals surface area (Å²) in [6.07, 6.45) is 0. The lowest BCUT2D eigenvalue weighted by atomic mass is 10.2. The highest BCUT2D eigenvalue weighted by molar-refractivity contribution is 8.00. The van der Waals surface area contributed by atoms with Crippen LogP contribution in [0.25, 0.3) is 11.0 Å². The predicted octanol–water partition coefficient (Wildman–Crippen LogP) is 5.02. The maximum Gasteiger partial charge on any atom is 0.208 e. The zero-order chi connectivity index (χ0) is 14.8. The Balaban J connectivity index is 1.76. The largest absolute Gasteiger partial charge is 0.453 e. The molecule has 0 saturated heterocycles. The number of para-hydroxylation sites is 1. The molecule has 3 rings (SSSR count). The summed E-state index contributed by atoms with van der Waals surface area (Å²) in [5.74, 6) is 0.860. The minimum absolute atomic E-state index is 0.0251. The van der Waals surface area contributed by atoms with Crippen molar-refractivity contribution in [2.75, 3.05) is 5.75 Å². The summed E-state index contributed by atoms with van der Waals surface area (Å²) in [7, 11) is 0. The Kier molecular flexibility index (Phi) is 3.84. The SMILES string of the molecule is Cc1cccc(SCC(=O)c2cc3cccc(C)c3o2)c1. The molecule has 3 heteroatoms. The maximum atomic E-state index is 12.3. The van der Waals surface area contributed by atoms with Crippen molar-refractivity contribution in [3.05, 3.63) is 65.4 Å². The summed E-state index contributed by atoms with van der Waals surface area (Å²) < 4.78 is 5.71. The van der Waals surface area contributed by atoms with E-state index in [-0.39, 0.29) is 5.78 Å². The molecule has 0 saturated carbocycles. The molecule has 0 spiro atoms. The zero-order valence-electron chi connectivity index (χ0n) is 12.1. The van der Waals surface area contributed by atoms with E-state index in [0.29, 0.717) is 11.5 Å². The molecule has 0 aliphatic heterocycles. The second-order valence-corrected chi connectivity index (χ2v) is 6.18. The third kappa shape index (κ3) is 3.03. The number of Topliss-reactive ketones (excluding diaryl/α,β-unsaturated/α-hetero) is 1. The van der Waals surface area contributed by atoms with Crippen LogP contribution in [-0.4, -0.2) is 11.5 Å². The van der Waals surface area contributed by atoms with E-state index >= 15 is 0 Å². The average molecular weight is 296 g/mol. The molecule has 1 aromatic heterocycles. The summed E-state index contributed by atoms with van der Waals surface area (Å²) in [5, 5.41) is 0.985. The van der Waals surface area contributed by atoms with Gasteiger partial charge >= 0.3 is 0 Å². The Morgan fingerprint density at radius 2 is 1.90 bits per heavy atom. The maximum absolute atomic E-state index is 12.3. The van der Waals surface area contributed by atoms with Crippen LogP contribution < -0.4 is 0 Å². The van der Waals surface area contributed by atoms with Crippen LogP contribution in [0.4, 0.5) is 0 Å². The molecule has 0 N–H and O–H groups in total. The molecule has 0 atom stereocenters. The predicted molar refractivity (Wildman–Crippen MR) is 87.2 cm³/mol. The van der Waals surface area contributed by atoms with E-state index in [1.54, 1.807) is 11.8 Å². The molecule has 21 heavy (non-hydrogen) atoms. The van der Waals surface area contributed by atoms with Crippen molar-refractivity contribution in [3.8, 4) is 0 Å². The molecule has 1 heterocycles. The van der Waals surface area contributed by atoms with Crippen LogP contribution in [0.1, 0.15) is 21.7 Å². The Morgan fingerprint density at radius 3 is 2.67 bits per heavy atom. The van der Waals surface area contributed by atoms with Crippen LogP contribution >= 0.6 is 11.8 Å². The molecule has 2 nitrogen and oxygen atoms in total. The molecule has 2 aromatic carbocycles. The summed E-state index contributed by atoms with van der Waals surface area (Å²) in [6.45, 7) is 4.04. The lowest BCUT2D eigenvalue weighted by Crippen LogP contribution is -2.00. The number of benzene rings is 2. The molecule has 0 aliphatic carbocycles. The van der Waals surface area contributed by atoms with Gasteiger partial charge in [-0.15, -0.1) is 11.8 Å². The topological polar surface area (TPSA) is 30.2 Å². The number of carbonyl (C=O) groups is 1. The molecule has 0 bridgehead atoms. The van der Waals surface area contributed by atoms with E-state index in [9.17, 15) is 4.79 Å². The second kappa shape index (κ2) is 5.78. The van der Waals surface area contributed by atoms with E-state index in [2.05, 4.69) is 6.07 Å². The van der Waals surface area contributed by atoms with Gasteiger partial charge in [-0.05, 0) is 37.6 Å². The van der Waals surface area contributed by atoms with Crippen LogP contribution in [0.5, 0.6) is 0 Å². The molecule has 3 aromatic rings. The fourth-order valence-electron chi connectivity index (χ4n) is 2.27. The average Bonchev–Trinajstić information content (AvgIpc) is 2.90. The summed E-state index contributed by atoms with van der Waals surface area (Å²) in [5.41, 5.74) is 3.06. The first kappa shape index (κ1) is 14.0. The van der Waals surface area contributed by atoms with E-state index in [4.69, 9.17) is 4.42 Å². The highest BCUT2D eigenvalue weighted by atomic mass is 32.2. The highest BCUT2D eigenvalue weighted by Gasteiger charge is 2.13. The van der Waals surface area contributed by atoms with Gasteiger partial charge in [0, 0.05) is 10.3 Å². The lowest BCUT2D eigenvalue weighted by molar-refractivity contribution is 0.0994. The number of hydrogen-bond acceptors (Lipinski definition) is 3. The number of hydrogen-bond donors (Lipinski definition) is 0. The summed E-state index contributed by atoms with van der Waals surface area (Å²) >= 11 is 1.54. The number of carbonyl (C=O) groups excluding carboxylic acids is 1. The minimum Gasteiger partial charge on any atom is -0.453 e. The molecule has 0 radical (unpaired) electrons. The monoisotopic (exact) mass is 296 g/mol. The molecular formula is C18H16O2S. The molecule has 0 fully saturated rings. The molecular weight excluding hydrogens is 280 g/mol. The van der Waals surface area contributed by atoms with Crippen LogP contribution in [0.15, 0.2) is 57.8 Å². The Bertz CT molecular complexity index is 802. The fraction of sp³-hybridized carbons (Fsp3) is 0.167. The van der Waals surface area contributed by atoms with Crippen LogP contribution in [-0.2, 0) is 0 Å². The van der Waals surface area contributed by atoms with Crippen molar-refractivity contribution in [2.45, 2.75) is 18.7 Å². The molecule has 106 valence electrons. The van der Waals surface area contributed by atoms with Gasteiger partial charge in [-0.2, -0.15) is 0 Å². The molecule has 0 aliphatic rings. The smallest absolute Gasteiger partial charge is 0.208 e. The van der Waals surface area contributed by atoms with Crippen LogP contribution in [0, 0.1) is 13.8 Å². The van der Waals surface area contributed by atoms with Gasteiger partial charge in [0.15, 0.2) is 5.76 Å². The van der Waals surface area contributed by atoms with Crippen molar-refractivity contribution in [2.24, 2.45) is 0 Å². The van der Waals surface area contributed by atoms with Crippen molar-refractivity contribution >= 4 is 28.5 Å². The Hall–Kier alpha value is -2.00. The Morgan fingerprint density at radius 1 is 1.10 bits per heavy atom. The van der Waals surface area contributed by atoms with Gasteiger partial charge in [0.2, 0.25) is 5.78 Å². The van der Waals surface area contributed by atoms with Crippen LogP contribution in [0.3, 0.4) is 0 Å². The second-order valence-electron chi connectivity index (χ2n) is 5.13. The first-order chi connectivity index (χ1) is 10.1. The molecule has 0 amide bonds. The van der Waals surface area contributed by atoms with E-state index in [0.717, 1.165) is 21.4 Å². The van der Waals surface area contributed by atoms with E-state index in [1.807, 2.05) is 56.3 Å². The van der Waals surface area contributed by atoms with Crippen LogP contribution in [0.2, 0.25) is 0 Å². The van der Waals surface area contributed by atoms with Crippen molar-refractivity contribution in [1.82, 2.24) is 0 Å². The minimum atomic E-state index is 0.0251. The quantitative estimate of drug-likeness (QED) is 0.500. The summed E-state index contributed by atoms with van der Waals surface area (Å²) in [4.78, 5) is 13.4. The first-order valence-electron chi connectivity index (χ1n) is 6.85. The van der Waals surface area contributed by atoms with Gasteiger partial charge in [0.25, 0.3) is 0 Å². The van der Waals surface area contributed by atoms with Crippen molar-refractivity contribution in [1.29, 1.82) is 0 Å². The number of ketones is 1. The Labute approximate surface area is 128 Å². The number of furan rings is 1. The van der Waals surface area contributed by atoms with Gasteiger partial charge < -0.3 is 4.42 Å².